The molecule has 4 heteroatoms. The highest BCUT2D eigenvalue weighted by molar-refractivity contribution is 7.12. The molecular formula is C23H24N2OS. The van der Waals surface area contributed by atoms with Crippen molar-refractivity contribution in [2.45, 2.75) is 25.9 Å². The van der Waals surface area contributed by atoms with Crippen molar-refractivity contribution in [2.24, 2.45) is 0 Å². The molecule has 2 aromatic carbocycles. The molecule has 0 spiro atoms. The lowest BCUT2D eigenvalue weighted by molar-refractivity contribution is 0.0955. The molecule has 1 amide bonds. The SMILES string of the molecule is O=C(NCc1ccccc1-c1ccc(CN2CCCC2)cc1)c1cccs1. The molecule has 1 aromatic heterocycles. The topological polar surface area (TPSA) is 32.3 Å². The first-order valence-corrected chi connectivity index (χ1v) is 10.4. The third kappa shape index (κ3) is 4.46. The number of carbonyl (C=O) groups is 1. The lowest BCUT2D eigenvalue weighted by Gasteiger charge is -2.15. The highest BCUT2D eigenvalue weighted by atomic mass is 32.1. The van der Waals surface area contributed by atoms with Gasteiger partial charge in [0.05, 0.1) is 4.88 Å². The molecule has 1 aliphatic rings. The first-order valence-electron chi connectivity index (χ1n) is 9.51. The summed E-state index contributed by atoms with van der Waals surface area (Å²) in [5.74, 6) is -0.0132. The summed E-state index contributed by atoms with van der Waals surface area (Å²) in [6.45, 7) is 4.00. The standard InChI is InChI=1S/C23H24N2OS/c26-23(22-8-5-15-27-22)24-16-20-6-1-2-7-21(20)19-11-9-18(10-12-19)17-25-13-3-4-14-25/h1-2,5-12,15H,3-4,13-14,16-17H2,(H,24,26). The summed E-state index contributed by atoms with van der Waals surface area (Å²) in [4.78, 5) is 15.5. The Morgan fingerprint density at radius 3 is 2.48 bits per heavy atom. The van der Waals surface area contributed by atoms with Gasteiger partial charge in [0.1, 0.15) is 0 Å². The molecule has 0 radical (unpaired) electrons. The fourth-order valence-corrected chi connectivity index (χ4v) is 4.26. The van der Waals surface area contributed by atoms with Gasteiger partial charge in [-0.25, -0.2) is 0 Å². The van der Waals surface area contributed by atoms with Crippen molar-refractivity contribution < 1.29 is 4.79 Å². The van der Waals surface area contributed by atoms with Crippen LogP contribution in [0.3, 0.4) is 0 Å². The lowest BCUT2D eigenvalue weighted by atomic mass is 9.98. The van der Waals surface area contributed by atoms with Gasteiger partial charge in [-0.1, -0.05) is 54.6 Å². The number of benzene rings is 2. The molecular weight excluding hydrogens is 352 g/mol. The molecule has 0 atom stereocenters. The summed E-state index contributed by atoms with van der Waals surface area (Å²) in [6.07, 6.45) is 2.64. The van der Waals surface area contributed by atoms with Crippen molar-refractivity contribution in [1.29, 1.82) is 0 Å². The van der Waals surface area contributed by atoms with Crippen LogP contribution in [0, 0.1) is 0 Å². The van der Waals surface area contributed by atoms with E-state index in [1.54, 1.807) is 0 Å². The van der Waals surface area contributed by atoms with Crippen LogP contribution in [0.5, 0.6) is 0 Å². The van der Waals surface area contributed by atoms with E-state index in [2.05, 4.69) is 52.7 Å². The molecule has 1 N–H and O–H groups in total. The second-order valence-corrected chi connectivity index (χ2v) is 7.94. The zero-order valence-corrected chi connectivity index (χ0v) is 16.2. The summed E-state index contributed by atoms with van der Waals surface area (Å²) in [6, 6.07) is 20.9. The second kappa shape index (κ2) is 8.51. The molecule has 3 aromatic rings. The number of rotatable bonds is 6. The highest BCUT2D eigenvalue weighted by Gasteiger charge is 2.12. The van der Waals surface area contributed by atoms with Crippen LogP contribution in [-0.4, -0.2) is 23.9 Å². The van der Waals surface area contributed by atoms with E-state index in [4.69, 9.17) is 0 Å². The Kier molecular flexibility index (Phi) is 5.66. The van der Waals surface area contributed by atoms with Crippen LogP contribution in [-0.2, 0) is 13.1 Å². The predicted molar refractivity (Wildman–Crippen MR) is 112 cm³/mol. The Bertz CT molecular complexity index is 881. The Labute approximate surface area is 164 Å². The van der Waals surface area contributed by atoms with Gasteiger partial charge in [-0.05, 0) is 59.6 Å². The van der Waals surface area contributed by atoms with Crippen LogP contribution in [0.15, 0.2) is 66.0 Å². The predicted octanol–water partition coefficient (Wildman–Crippen LogP) is 4.94. The fraction of sp³-hybridized carbons (Fsp3) is 0.261. The van der Waals surface area contributed by atoms with Gasteiger partial charge in [0.15, 0.2) is 0 Å². The minimum Gasteiger partial charge on any atom is -0.347 e. The molecule has 3 nitrogen and oxygen atoms in total. The Morgan fingerprint density at radius 2 is 1.74 bits per heavy atom. The normalized spacial score (nSPS) is 14.4. The first-order chi connectivity index (χ1) is 13.3. The molecule has 138 valence electrons. The third-order valence-corrected chi connectivity index (χ3v) is 5.94. The van der Waals surface area contributed by atoms with Gasteiger partial charge in [-0.2, -0.15) is 0 Å². The maximum absolute atomic E-state index is 12.2. The van der Waals surface area contributed by atoms with Gasteiger partial charge in [0.25, 0.3) is 5.91 Å². The Morgan fingerprint density at radius 1 is 0.963 bits per heavy atom. The van der Waals surface area contributed by atoms with Crippen molar-refractivity contribution in [1.82, 2.24) is 10.2 Å². The smallest absolute Gasteiger partial charge is 0.261 e. The van der Waals surface area contributed by atoms with Crippen molar-refractivity contribution in [3.63, 3.8) is 0 Å². The molecule has 0 aliphatic carbocycles. The lowest BCUT2D eigenvalue weighted by Crippen LogP contribution is -2.22. The molecule has 0 bridgehead atoms. The van der Waals surface area contributed by atoms with E-state index in [0.717, 1.165) is 17.0 Å². The van der Waals surface area contributed by atoms with E-state index in [0.29, 0.717) is 6.54 Å². The third-order valence-electron chi connectivity index (χ3n) is 5.07. The number of hydrogen-bond acceptors (Lipinski definition) is 3. The molecule has 4 rings (SSSR count). The number of carbonyl (C=O) groups excluding carboxylic acids is 1. The quantitative estimate of drug-likeness (QED) is 0.661. The average molecular weight is 377 g/mol. The molecule has 27 heavy (non-hydrogen) atoms. The number of hydrogen-bond donors (Lipinski definition) is 1. The number of nitrogens with zero attached hydrogens (tertiary/aromatic N) is 1. The van der Waals surface area contributed by atoms with E-state index >= 15 is 0 Å². The van der Waals surface area contributed by atoms with E-state index in [9.17, 15) is 4.79 Å². The molecule has 1 aliphatic heterocycles. The second-order valence-electron chi connectivity index (χ2n) is 7.00. The number of amides is 1. The van der Waals surface area contributed by atoms with Gasteiger partial charge in [0, 0.05) is 13.1 Å². The van der Waals surface area contributed by atoms with Crippen LogP contribution in [0.2, 0.25) is 0 Å². The zero-order chi connectivity index (χ0) is 18.5. The van der Waals surface area contributed by atoms with Crippen molar-refractivity contribution in [3.8, 4) is 11.1 Å². The van der Waals surface area contributed by atoms with Crippen LogP contribution >= 0.6 is 11.3 Å². The van der Waals surface area contributed by atoms with E-state index in [-0.39, 0.29) is 5.91 Å². The van der Waals surface area contributed by atoms with E-state index < -0.39 is 0 Å². The van der Waals surface area contributed by atoms with Gasteiger partial charge >= 0.3 is 0 Å². The molecule has 0 saturated carbocycles. The largest absolute Gasteiger partial charge is 0.347 e. The Hall–Kier alpha value is -2.43. The Balaban J connectivity index is 1.46. The van der Waals surface area contributed by atoms with Crippen LogP contribution in [0.4, 0.5) is 0 Å². The molecule has 1 saturated heterocycles. The number of nitrogens with one attached hydrogen (secondary N) is 1. The van der Waals surface area contributed by atoms with Crippen LogP contribution in [0.1, 0.15) is 33.6 Å². The molecule has 0 unspecified atom stereocenters. The maximum atomic E-state index is 12.2. The first kappa shape index (κ1) is 18.0. The molecule has 2 heterocycles. The number of thiophene rings is 1. The summed E-state index contributed by atoms with van der Waals surface area (Å²) in [5.41, 5.74) is 4.87. The maximum Gasteiger partial charge on any atom is 0.261 e. The van der Waals surface area contributed by atoms with E-state index in [1.807, 2.05) is 23.6 Å². The van der Waals surface area contributed by atoms with Crippen LogP contribution in [0.25, 0.3) is 11.1 Å². The summed E-state index contributed by atoms with van der Waals surface area (Å²) in [5, 5.41) is 4.96. The van der Waals surface area contributed by atoms with Gasteiger partial charge in [-0.15, -0.1) is 11.3 Å². The van der Waals surface area contributed by atoms with Crippen LogP contribution < -0.4 is 5.32 Å². The highest BCUT2D eigenvalue weighted by Crippen LogP contribution is 2.25. The van der Waals surface area contributed by atoms with Gasteiger partial charge < -0.3 is 5.32 Å². The van der Waals surface area contributed by atoms with Crippen molar-refractivity contribution >= 4 is 17.2 Å². The molecule has 1 fully saturated rings. The summed E-state index contributed by atoms with van der Waals surface area (Å²) >= 11 is 1.47. The minimum absolute atomic E-state index is 0.0132. The van der Waals surface area contributed by atoms with Gasteiger partial charge in [-0.3, -0.25) is 9.69 Å². The van der Waals surface area contributed by atoms with Gasteiger partial charge in [0.2, 0.25) is 0 Å². The monoisotopic (exact) mass is 376 g/mol. The van der Waals surface area contributed by atoms with Crippen molar-refractivity contribution in [2.75, 3.05) is 13.1 Å². The average Bonchev–Trinajstić information content (AvgIpc) is 3.41. The fourth-order valence-electron chi connectivity index (χ4n) is 3.62. The minimum atomic E-state index is -0.0132. The summed E-state index contributed by atoms with van der Waals surface area (Å²) in [7, 11) is 0. The number of likely N-dealkylation sites (tertiary alicyclic amines) is 1. The summed E-state index contributed by atoms with van der Waals surface area (Å²) < 4.78 is 0. The van der Waals surface area contributed by atoms with E-state index in [1.165, 1.54) is 54.0 Å². The zero-order valence-electron chi connectivity index (χ0n) is 15.4. The van der Waals surface area contributed by atoms with Crippen molar-refractivity contribution in [3.05, 3.63) is 82.0 Å².